The van der Waals surface area contributed by atoms with Gasteiger partial charge in [-0.15, -0.1) is 0 Å². The van der Waals surface area contributed by atoms with Crippen molar-refractivity contribution in [3.8, 4) is 5.75 Å². The molecule has 0 aliphatic heterocycles. The van der Waals surface area contributed by atoms with Crippen LogP contribution in [0, 0.1) is 5.92 Å². The number of hydrogen-bond acceptors (Lipinski definition) is 5. The zero-order valence-corrected chi connectivity index (χ0v) is 20.4. The summed E-state index contributed by atoms with van der Waals surface area (Å²) in [5.74, 6) is 0.334. The second-order valence-corrected chi connectivity index (χ2v) is 9.09. The highest BCUT2D eigenvalue weighted by Gasteiger charge is 2.25. The minimum Gasteiger partial charge on any atom is -0.484 e. The number of H-pyrrole nitrogens is 1. The number of anilines is 2. The maximum absolute atomic E-state index is 13.4. The molecule has 4 rings (SSSR count). The Kier molecular flexibility index (Phi) is 7.53. The van der Waals surface area contributed by atoms with Crippen molar-refractivity contribution >= 4 is 28.2 Å². The molecule has 0 aliphatic rings. The molecule has 1 aromatic heterocycles. The fraction of sp³-hybridized carbons (Fsp3) is 0.250. The molecule has 1 heterocycles. The summed E-state index contributed by atoms with van der Waals surface area (Å²) in [6.07, 6.45) is 0.637. The smallest absolute Gasteiger partial charge is 0.330 e. The van der Waals surface area contributed by atoms with Gasteiger partial charge in [0.2, 0.25) is 0 Å². The van der Waals surface area contributed by atoms with Crippen molar-refractivity contribution in [3.05, 3.63) is 99.2 Å². The molecule has 0 unspecified atom stereocenters. The molecular weight excluding hydrogens is 456 g/mol. The van der Waals surface area contributed by atoms with E-state index in [1.165, 1.54) is 9.47 Å². The van der Waals surface area contributed by atoms with E-state index in [2.05, 4.69) is 4.98 Å². The van der Waals surface area contributed by atoms with Gasteiger partial charge in [0, 0.05) is 6.54 Å². The number of hydrogen-bond donors (Lipinski definition) is 2. The molecule has 0 radical (unpaired) electrons. The zero-order chi connectivity index (χ0) is 25.7. The van der Waals surface area contributed by atoms with Gasteiger partial charge in [-0.25, -0.2) is 4.79 Å². The lowest BCUT2D eigenvalue weighted by Gasteiger charge is -2.25. The zero-order valence-electron chi connectivity index (χ0n) is 20.4. The van der Waals surface area contributed by atoms with Crippen molar-refractivity contribution in [3.63, 3.8) is 0 Å². The lowest BCUT2D eigenvalue weighted by molar-refractivity contribution is -0.120. The van der Waals surface area contributed by atoms with Crippen LogP contribution < -0.4 is 26.6 Å². The third-order valence-corrected chi connectivity index (χ3v) is 5.98. The number of carbonyl (C=O) groups is 1. The van der Waals surface area contributed by atoms with Crippen molar-refractivity contribution < 1.29 is 9.53 Å². The molecule has 4 aromatic rings. The van der Waals surface area contributed by atoms with Crippen LogP contribution in [0.4, 0.5) is 11.5 Å². The van der Waals surface area contributed by atoms with Gasteiger partial charge in [0.1, 0.15) is 11.6 Å². The van der Waals surface area contributed by atoms with Crippen molar-refractivity contribution in [2.75, 3.05) is 23.8 Å². The van der Waals surface area contributed by atoms with Crippen LogP contribution in [0.5, 0.6) is 5.75 Å². The minimum atomic E-state index is -0.704. The summed E-state index contributed by atoms with van der Waals surface area (Å²) in [4.78, 5) is 42.5. The van der Waals surface area contributed by atoms with Gasteiger partial charge in [-0.3, -0.25) is 19.1 Å². The Bertz CT molecular complexity index is 1470. The summed E-state index contributed by atoms with van der Waals surface area (Å²) in [6.45, 7) is 4.19. The molecule has 3 N–H and O–H groups in total. The van der Waals surface area contributed by atoms with E-state index in [1.807, 2.05) is 80.6 Å². The standard InChI is InChI=1S/C28H30N4O4/c1-19(2)14-15-31(24(33)18-36-23-13-12-21-10-6-7-11-22(21)16-23)25-26(29)32(28(35)30-27(25)34)17-20-8-4-3-5-9-20/h3-13,16,19H,14-15,17-18,29H2,1-2H3,(H,30,34,35). The molecule has 0 fully saturated rings. The molecule has 3 aromatic carbocycles. The molecule has 186 valence electrons. The summed E-state index contributed by atoms with van der Waals surface area (Å²) in [5.41, 5.74) is 5.81. The second kappa shape index (κ2) is 10.9. The van der Waals surface area contributed by atoms with Crippen LogP contribution in [0.15, 0.2) is 82.4 Å². The topological polar surface area (TPSA) is 110 Å². The van der Waals surface area contributed by atoms with Gasteiger partial charge >= 0.3 is 5.69 Å². The number of aromatic amines is 1. The Hall–Kier alpha value is -4.33. The average molecular weight is 487 g/mol. The SMILES string of the molecule is CC(C)CCN(C(=O)COc1ccc2ccccc2c1)c1c(N)n(Cc2ccccc2)c(=O)[nH]c1=O. The Morgan fingerprint density at radius 3 is 2.42 bits per heavy atom. The molecule has 0 spiro atoms. The van der Waals surface area contributed by atoms with Crippen molar-refractivity contribution in [2.45, 2.75) is 26.8 Å². The first kappa shape index (κ1) is 24.8. The predicted molar refractivity (Wildman–Crippen MR) is 143 cm³/mol. The maximum Gasteiger partial charge on any atom is 0.330 e. The van der Waals surface area contributed by atoms with E-state index in [4.69, 9.17) is 10.5 Å². The van der Waals surface area contributed by atoms with Gasteiger partial charge in [0.05, 0.1) is 6.54 Å². The van der Waals surface area contributed by atoms with Crippen LogP contribution in [0.3, 0.4) is 0 Å². The number of carbonyl (C=O) groups excluding carboxylic acids is 1. The highest BCUT2D eigenvalue weighted by Crippen LogP contribution is 2.22. The summed E-state index contributed by atoms with van der Waals surface area (Å²) in [6, 6.07) is 22.7. The van der Waals surface area contributed by atoms with Crippen molar-refractivity contribution in [2.24, 2.45) is 5.92 Å². The summed E-state index contributed by atoms with van der Waals surface area (Å²) >= 11 is 0. The Labute approximate surface area is 208 Å². The van der Waals surface area contributed by atoms with Gasteiger partial charge in [0.25, 0.3) is 11.5 Å². The molecule has 1 amide bonds. The number of rotatable bonds is 9. The first-order chi connectivity index (χ1) is 17.3. The van der Waals surface area contributed by atoms with Gasteiger partial charge in [-0.1, -0.05) is 74.5 Å². The first-order valence-corrected chi connectivity index (χ1v) is 11.9. The van der Waals surface area contributed by atoms with E-state index in [0.29, 0.717) is 12.2 Å². The lowest BCUT2D eigenvalue weighted by Crippen LogP contribution is -2.43. The maximum atomic E-state index is 13.4. The van der Waals surface area contributed by atoms with E-state index in [9.17, 15) is 14.4 Å². The van der Waals surface area contributed by atoms with Crippen molar-refractivity contribution in [1.29, 1.82) is 0 Å². The lowest BCUT2D eigenvalue weighted by atomic mass is 10.1. The molecule has 0 saturated heterocycles. The largest absolute Gasteiger partial charge is 0.484 e. The minimum absolute atomic E-state index is 0.0432. The summed E-state index contributed by atoms with van der Waals surface area (Å²) in [7, 11) is 0. The van der Waals surface area contributed by atoms with Gasteiger partial charge < -0.3 is 15.4 Å². The van der Waals surface area contributed by atoms with E-state index >= 15 is 0 Å². The highest BCUT2D eigenvalue weighted by molar-refractivity contribution is 5.96. The third kappa shape index (κ3) is 5.66. The van der Waals surface area contributed by atoms with E-state index in [0.717, 1.165) is 16.3 Å². The number of nitrogen functional groups attached to an aromatic ring is 1. The summed E-state index contributed by atoms with van der Waals surface area (Å²) in [5, 5.41) is 2.06. The van der Waals surface area contributed by atoms with E-state index < -0.39 is 17.2 Å². The average Bonchev–Trinajstić information content (AvgIpc) is 2.87. The molecule has 8 heteroatoms. The molecule has 36 heavy (non-hydrogen) atoms. The normalized spacial score (nSPS) is 11.1. The molecule has 0 saturated carbocycles. The quantitative estimate of drug-likeness (QED) is 0.374. The van der Waals surface area contributed by atoms with Crippen LogP contribution in [0.2, 0.25) is 0 Å². The number of fused-ring (bicyclic) bond motifs is 1. The van der Waals surface area contributed by atoms with Crippen LogP contribution in [0.1, 0.15) is 25.8 Å². The van der Waals surface area contributed by atoms with Crippen LogP contribution in [0.25, 0.3) is 10.8 Å². The Balaban J connectivity index is 1.64. The molecule has 0 bridgehead atoms. The number of nitrogens with two attached hydrogens (primary N) is 1. The monoisotopic (exact) mass is 486 g/mol. The highest BCUT2D eigenvalue weighted by atomic mass is 16.5. The first-order valence-electron chi connectivity index (χ1n) is 11.9. The fourth-order valence-corrected chi connectivity index (χ4v) is 3.99. The predicted octanol–water partition coefficient (Wildman–Crippen LogP) is 3.78. The molecular formula is C28H30N4O4. The van der Waals surface area contributed by atoms with Gasteiger partial charge in [0.15, 0.2) is 12.3 Å². The molecule has 0 aliphatic carbocycles. The van der Waals surface area contributed by atoms with Crippen LogP contribution in [-0.4, -0.2) is 28.6 Å². The number of amides is 1. The number of nitrogens with zero attached hydrogens (tertiary/aromatic N) is 2. The van der Waals surface area contributed by atoms with Gasteiger partial charge in [-0.2, -0.15) is 0 Å². The van der Waals surface area contributed by atoms with Crippen LogP contribution in [-0.2, 0) is 11.3 Å². The number of ether oxygens (including phenoxy) is 1. The fourth-order valence-electron chi connectivity index (χ4n) is 3.99. The van der Waals surface area contributed by atoms with E-state index in [1.54, 1.807) is 6.07 Å². The van der Waals surface area contributed by atoms with Crippen molar-refractivity contribution in [1.82, 2.24) is 9.55 Å². The van der Waals surface area contributed by atoms with Gasteiger partial charge in [-0.05, 0) is 40.8 Å². The van der Waals surface area contributed by atoms with E-state index in [-0.39, 0.29) is 37.1 Å². The Morgan fingerprint density at radius 2 is 1.69 bits per heavy atom. The Morgan fingerprint density at radius 1 is 1.00 bits per heavy atom. The molecule has 8 nitrogen and oxygen atoms in total. The summed E-state index contributed by atoms with van der Waals surface area (Å²) < 4.78 is 7.07. The van der Waals surface area contributed by atoms with Crippen LogP contribution >= 0.6 is 0 Å². The second-order valence-electron chi connectivity index (χ2n) is 9.09. The number of aromatic nitrogens is 2. The number of nitrogens with one attached hydrogen (secondary N) is 1. The third-order valence-electron chi connectivity index (χ3n) is 5.98. The molecule has 0 atom stereocenters. The number of benzene rings is 3.